The SMILES string of the molecule is CCCNC(CN1CCCCC1)C1CCCC1. The summed E-state index contributed by atoms with van der Waals surface area (Å²) in [5.74, 6) is 0.962. The largest absolute Gasteiger partial charge is 0.312 e. The number of nitrogens with zero attached hydrogens (tertiary/aromatic N) is 1. The zero-order chi connectivity index (χ0) is 11.9. The van der Waals surface area contributed by atoms with Crippen LogP contribution in [0.2, 0.25) is 0 Å². The Hall–Kier alpha value is -0.0800. The van der Waals surface area contributed by atoms with Crippen LogP contribution in [0.25, 0.3) is 0 Å². The third-order valence-electron chi connectivity index (χ3n) is 4.53. The van der Waals surface area contributed by atoms with Crippen molar-refractivity contribution in [2.75, 3.05) is 26.2 Å². The Morgan fingerprint density at radius 3 is 2.41 bits per heavy atom. The van der Waals surface area contributed by atoms with Gasteiger partial charge in [0.25, 0.3) is 0 Å². The van der Waals surface area contributed by atoms with Gasteiger partial charge in [0.2, 0.25) is 0 Å². The van der Waals surface area contributed by atoms with Crippen molar-refractivity contribution >= 4 is 0 Å². The highest BCUT2D eigenvalue weighted by molar-refractivity contribution is 4.84. The molecule has 1 saturated carbocycles. The maximum absolute atomic E-state index is 3.82. The molecule has 2 heteroatoms. The van der Waals surface area contributed by atoms with E-state index in [4.69, 9.17) is 0 Å². The second-order valence-corrected chi connectivity index (χ2v) is 5.97. The minimum atomic E-state index is 0.774. The molecule has 0 aromatic rings. The lowest BCUT2D eigenvalue weighted by Gasteiger charge is -2.33. The molecule has 1 aliphatic carbocycles. The van der Waals surface area contributed by atoms with E-state index in [1.54, 1.807) is 0 Å². The summed E-state index contributed by atoms with van der Waals surface area (Å²) >= 11 is 0. The van der Waals surface area contributed by atoms with E-state index in [9.17, 15) is 0 Å². The number of hydrogen-bond donors (Lipinski definition) is 1. The average molecular weight is 238 g/mol. The van der Waals surface area contributed by atoms with E-state index in [1.165, 1.54) is 77.5 Å². The Bertz CT molecular complexity index is 193. The summed E-state index contributed by atoms with van der Waals surface area (Å²) in [6.45, 7) is 7.48. The molecule has 1 unspecified atom stereocenters. The van der Waals surface area contributed by atoms with Gasteiger partial charge in [-0.05, 0) is 57.7 Å². The number of rotatable bonds is 6. The van der Waals surface area contributed by atoms with Crippen LogP contribution in [0, 0.1) is 5.92 Å². The second-order valence-electron chi connectivity index (χ2n) is 5.97. The molecule has 2 nitrogen and oxygen atoms in total. The van der Waals surface area contributed by atoms with Crippen LogP contribution in [-0.4, -0.2) is 37.1 Å². The van der Waals surface area contributed by atoms with Crippen LogP contribution in [0.3, 0.4) is 0 Å². The van der Waals surface area contributed by atoms with Crippen molar-refractivity contribution in [3.63, 3.8) is 0 Å². The predicted octanol–water partition coefficient (Wildman–Crippen LogP) is 3.03. The van der Waals surface area contributed by atoms with Gasteiger partial charge in [-0.25, -0.2) is 0 Å². The van der Waals surface area contributed by atoms with E-state index >= 15 is 0 Å². The Morgan fingerprint density at radius 2 is 1.76 bits per heavy atom. The van der Waals surface area contributed by atoms with Crippen molar-refractivity contribution < 1.29 is 0 Å². The van der Waals surface area contributed by atoms with Crippen LogP contribution in [0.4, 0.5) is 0 Å². The molecule has 17 heavy (non-hydrogen) atoms. The van der Waals surface area contributed by atoms with Crippen molar-refractivity contribution in [1.82, 2.24) is 10.2 Å². The summed E-state index contributed by atoms with van der Waals surface area (Å²) in [7, 11) is 0. The lowest BCUT2D eigenvalue weighted by Crippen LogP contribution is -2.46. The summed E-state index contributed by atoms with van der Waals surface area (Å²) in [5, 5.41) is 3.82. The van der Waals surface area contributed by atoms with Gasteiger partial charge in [-0.1, -0.05) is 26.2 Å². The van der Waals surface area contributed by atoms with Crippen LogP contribution >= 0.6 is 0 Å². The molecule has 0 bridgehead atoms. The van der Waals surface area contributed by atoms with E-state index in [1.807, 2.05) is 0 Å². The number of likely N-dealkylation sites (tertiary alicyclic amines) is 1. The van der Waals surface area contributed by atoms with Gasteiger partial charge in [-0.2, -0.15) is 0 Å². The second kappa shape index (κ2) is 7.38. The summed E-state index contributed by atoms with van der Waals surface area (Å²) in [4.78, 5) is 2.70. The molecule has 1 heterocycles. The van der Waals surface area contributed by atoms with Crippen LogP contribution in [0.15, 0.2) is 0 Å². The minimum absolute atomic E-state index is 0.774. The highest BCUT2D eigenvalue weighted by Crippen LogP contribution is 2.28. The standard InChI is InChI=1S/C15H30N2/c1-2-10-16-15(14-8-4-5-9-14)13-17-11-6-3-7-12-17/h14-16H,2-13H2,1H3. The molecule has 100 valence electrons. The molecule has 1 atom stereocenters. The van der Waals surface area contributed by atoms with Crippen LogP contribution in [0.5, 0.6) is 0 Å². The first-order valence-electron chi connectivity index (χ1n) is 7.86. The third-order valence-corrected chi connectivity index (χ3v) is 4.53. The van der Waals surface area contributed by atoms with Crippen molar-refractivity contribution in [1.29, 1.82) is 0 Å². The molecule has 1 aliphatic heterocycles. The Kier molecular flexibility index (Phi) is 5.79. The number of piperidine rings is 1. The van der Waals surface area contributed by atoms with E-state index in [2.05, 4.69) is 17.1 Å². The summed E-state index contributed by atoms with van der Waals surface area (Å²) < 4.78 is 0. The molecule has 2 rings (SSSR count). The molecule has 0 spiro atoms. The van der Waals surface area contributed by atoms with Gasteiger partial charge >= 0.3 is 0 Å². The maximum Gasteiger partial charge on any atom is 0.0223 e. The quantitative estimate of drug-likeness (QED) is 0.765. The Morgan fingerprint density at radius 1 is 1.06 bits per heavy atom. The molecular weight excluding hydrogens is 208 g/mol. The monoisotopic (exact) mass is 238 g/mol. The topological polar surface area (TPSA) is 15.3 Å². The van der Waals surface area contributed by atoms with Gasteiger partial charge in [0.1, 0.15) is 0 Å². The lowest BCUT2D eigenvalue weighted by molar-refractivity contribution is 0.180. The number of hydrogen-bond acceptors (Lipinski definition) is 2. The van der Waals surface area contributed by atoms with E-state index in [0.717, 1.165) is 12.0 Å². The summed E-state index contributed by atoms with van der Waals surface area (Å²) in [6.07, 6.45) is 11.4. The van der Waals surface area contributed by atoms with Gasteiger partial charge in [-0.15, -0.1) is 0 Å². The molecular formula is C15H30N2. The minimum Gasteiger partial charge on any atom is -0.312 e. The van der Waals surface area contributed by atoms with Crippen LogP contribution in [0.1, 0.15) is 58.3 Å². The fourth-order valence-corrected chi connectivity index (χ4v) is 3.49. The summed E-state index contributed by atoms with van der Waals surface area (Å²) in [6, 6.07) is 0.774. The van der Waals surface area contributed by atoms with Crippen LogP contribution in [-0.2, 0) is 0 Å². The normalized spacial score (nSPS) is 25.2. The predicted molar refractivity (Wildman–Crippen MR) is 74.3 cm³/mol. The molecule has 1 saturated heterocycles. The average Bonchev–Trinajstić information content (AvgIpc) is 2.89. The zero-order valence-electron chi connectivity index (χ0n) is 11.6. The number of nitrogens with one attached hydrogen (secondary N) is 1. The zero-order valence-corrected chi connectivity index (χ0v) is 11.6. The smallest absolute Gasteiger partial charge is 0.0223 e. The van der Waals surface area contributed by atoms with Gasteiger partial charge in [-0.3, -0.25) is 0 Å². The highest BCUT2D eigenvalue weighted by Gasteiger charge is 2.26. The van der Waals surface area contributed by atoms with E-state index < -0.39 is 0 Å². The van der Waals surface area contributed by atoms with Crippen molar-refractivity contribution in [2.45, 2.75) is 64.3 Å². The fraction of sp³-hybridized carbons (Fsp3) is 1.00. The molecule has 0 aromatic heterocycles. The van der Waals surface area contributed by atoms with Crippen molar-refractivity contribution in [3.05, 3.63) is 0 Å². The molecule has 0 radical (unpaired) electrons. The first-order valence-corrected chi connectivity index (χ1v) is 7.86. The van der Waals surface area contributed by atoms with Crippen molar-refractivity contribution in [3.8, 4) is 0 Å². The maximum atomic E-state index is 3.82. The Balaban J connectivity index is 1.80. The first-order chi connectivity index (χ1) is 8.40. The van der Waals surface area contributed by atoms with Gasteiger partial charge < -0.3 is 10.2 Å². The van der Waals surface area contributed by atoms with Crippen molar-refractivity contribution in [2.24, 2.45) is 5.92 Å². The molecule has 0 amide bonds. The van der Waals surface area contributed by atoms with E-state index in [-0.39, 0.29) is 0 Å². The molecule has 1 N–H and O–H groups in total. The third kappa shape index (κ3) is 4.26. The summed E-state index contributed by atoms with van der Waals surface area (Å²) in [5.41, 5.74) is 0. The van der Waals surface area contributed by atoms with Gasteiger partial charge in [0.05, 0.1) is 0 Å². The van der Waals surface area contributed by atoms with Gasteiger partial charge in [0, 0.05) is 12.6 Å². The highest BCUT2D eigenvalue weighted by atomic mass is 15.2. The Labute approximate surface area is 107 Å². The fourth-order valence-electron chi connectivity index (χ4n) is 3.49. The van der Waals surface area contributed by atoms with Crippen LogP contribution < -0.4 is 5.32 Å². The van der Waals surface area contributed by atoms with E-state index in [0.29, 0.717) is 0 Å². The molecule has 2 fully saturated rings. The molecule has 0 aromatic carbocycles. The van der Waals surface area contributed by atoms with Gasteiger partial charge in [0.15, 0.2) is 0 Å². The lowest BCUT2D eigenvalue weighted by atomic mass is 9.96. The molecule has 2 aliphatic rings. The first kappa shape index (κ1) is 13.4.